The fraction of sp³-hybridized carbons (Fsp3) is 0.294. The predicted octanol–water partition coefficient (Wildman–Crippen LogP) is 3.83. The third kappa shape index (κ3) is 2.59. The number of amides is 1. The molecule has 0 saturated heterocycles. The van der Waals surface area contributed by atoms with Crippen molar-refractivity contribution in [3.05, 3.63) is 46.5 Å². The Labute approximate surface area is 137 Å². The number of nitrogens with zero attached hydrogens (tertiary/aromatic N) is 3. The minimum absolute atomic E-state index is 0.107. The molecule has 0 atom stereocenters. The van der Waals surface area contributed by atoms with Crippen molar-refractivity contribution in [1.82, 2.24) is 15.0 Å². The number of pyridine rings is 1. The van der Waals surface area contributed by atoms with Crippen LogP contribution in [0.25, 0.3) is 10.2 Å². The third-order valence-electron chi connectivity index (χ3n) is 4.08. The molecule has 116 valence electrons. The number of carbonyl (C=O) groups is 1. The number of fused-ring (bicyclic) bond motifs is 1. The van der Waals surface area contributed by atoms with Crippen molar-refractivity contribution in [3.8, 4) is 0 Å². The highest BCUT2D eigenvalue weighted by Crippen LogP contribution is 2.40. The quantitative estimate of drug-likeness (QED) is 0.795. The standard InChI is InChI=1S/C17H16N4OS/c1-9-13-10(2)19-15(11-3-4-11)21-17(13)23-14(9)16(22)20-12-5-7-18-8-6-12/h5-8,11H,3-4H2,1-2H3,(H,18,20,22). The maximum atomic E-state index is 12.6. The van der Waals surface area contributed by atoms with E-state index in [0.29, 0.717) is 10.8 Å². The number of anilines is 1. The van der Waals surface area contributed by atoms with Gasteiger partial charge in [-0.25, -0.2) is 9.97 Å². The van der Waals surface area contributed by atoms with Gasteiger partial charge in [0.05, 0.1) is 10.6 Å². The fourth-order valence-electron chi connectivity index (χ4n) is 2.72. The van der Waals surface area contributed by atoms with E-state index < -0.39 is 0 Å². The van der Waals surface area contributed by atoms with E-state index in [1.54, 1.807) is 24.5 Å². The van der Waals surface area contributed by atoms with Crippen LogP contribution in [0.3, 0.4) is 0 Å². The van der Waals surface area contributed by atoms with Crippen molar-refractivity contribution < 1.29 is 4.79 Å². The lowest BCUT2D eigenvalue weighted by molar-refractivity contribution is 0.103. The Balaban J connectivity index is 1.73. The molecule has 0 spiro atoms. The Hall–Kier alpha value is -2.34. The Morgan fingerprint density at radius 3 is 2.65 bits per heavy atom. The number of hydrogen-bond donors (Lipinski definition) is 1. The molecule has 1 saturated carbocycles. The predicted molar refractivity (Wildman–Crippen MR) is 91.1 cm³/mol. The summed E-state index contributed by atoms with van der Waals surface area (Å²) >= 11 is 1.45. The molecule has 4 rings (SSSR count). The Kier molecular flexibility index (Phi) is 3.34. The molecule has 1 N–H and O–H groups in total. The molecule has 1 amide bonds. The van der Waals surface area contributed by atoms with Gasteiger partial charge in [-0.15, -0.1) is 11.3 Å². The van der Waals surface area contributed by atoms with E-state index >= 15 is 0 Å². The summed E-state index contributed by atoms with van der Waals surface area (Å²) in [5, 5.41) is 3.93. The van der Waals surface area contributed by atoms with Gasteiger partial charge in [0.25, 0.3) is 5.91 Å². The van der Waals surface area contributed by atoms with Gasteiger partial charge in [-0.1, -0.05) is 0 Å². The maximum absolute atomic E-state index is 12.6. The molecule has 0 unspecified atom stereocenters. The highest BCUT2D eigenvalue weighted by Gasteiger charge is 2.28. The van der Waals surface area contributed by atoms with Crippen LogP contribution in [-0.2, 0) is 0 Å². The smallest absolute Gasteiger partial charge is 0.266 e. The van der Waals surface area contributed by atoms with Crippen molar-refractivity contribution in [2.75, 3.05) is 5.32 Å². The molecule has 1 fully saturated rings. The second kappa shape index (κ2) is 5.38. The third-order valence-corrected chi connectivity index (χ3v) is 5.26. The normalized spacial score (nSPS) is 14.2. The Morgan fingerprint density at radius 1 is 1.22 bits per heavy atom. The fourth-order valence-corrected chi connectivity index (χ4v) is 3.86. The van der Waals surface area contributed by atoms with E-state index in [4.69, 9.17) is 0 Å². The molecule has 5 nitrogen and oxygen atoms in total. The van der Waals surface area contributed by atoms with Crippen LogP contribution in [0.15, 0.2) is 24.5 Å². The van der Waals surface area contributed by atoms with Crippen molar-refractivity contribution in [3.63, 3.8) is 0 Å². The molecule has 3 heterocycles. The molecule has 6 heteroatoms. The maximum Gasteiger partial charge on any atom is 0.266 e. The molecule has 1 aliphatic carbocycles. The summed E-state index contributed by atoms with van der Waals surface area (Å²) in [5.74, 6) is 1.33. The van der Waals surface area contributed by atoms with Gasteiger partial charge < -0.3 is 5.32 Å². The summed E-state index contributed by atoms with van der Waals surface area (Å²) in [6.07, 6.45) is 5.66. The molecule has 0 aliphatic heterocycles. The first-order valence-corrected chi connectivity index (χ1v) is 8.44. The van der Waals surface area contributed by atoms with Gasteiger partial charge in [-0.05, 0) is 44.4 Å². The van der Waals surface area contributed by atoms with Gasteiger partial charge in [0.2, 0.25) is 0 Å². The summed E-state index contributed by atoms with van der Waals surface area (Å²) in [4.78, 5) is 27.5. The first-order chi connectivity index (χ1) is 11.1. The molecule has 23 heavy (non-hydrogen) atoms. The van der Waals surface area contributed by atoms with Gasteiger partial charge in [-0.3, -0.25) is 9.78 Å². The van der Waals surface area contributed by atoms with Crippen molar-refractivity contribution >= 4 is 33.1 Å². The molecule has 0 radical (unpaired) electrons. The second-order valence-electron chi connectivity index (χ2n) is 5.87. The van der Waals surface area contributed by atoms with Crippen molar-refractivity contribution in [2.45, 2.75) is 32.6 Å². The molecule has 3 aromatic heterocycles. The van der Waals surface area contributed by atoms with Gasteiger partial charge in [0.15, 0.2) is 0 Å². The van der Waals surface area contributed by atoms with Crippen LogP contribution in [-0.4, -0.2) is 20.9 Å². The van der Waals surface area contributed by atoms with Gasteiger partial charge in [-0.2, -0.15) is 0 Å². The summed E-state index contributed by atoms with van der Waals surface area (Å²) in [5.41, 5.74) is 2.66. The molecule has 0 aromatic carbocycles. The average Bonchev–Trinajstić information content (AvgIpc) is 3.32. The lowest BCUT2D eigenvalue weighted by atomic mass is 10.1. The van der Waals surface area contributed by atoms with E-state index in [-0.39, 0.29) is 5.91 Å². The van der Waals surface area contributed by atoms with Crippen LogP contribution in [0.5, 0.6) is 0 Å². The van der Waals surface area contributed by atoms with E-state index in [2.05, 4.69) is 20.3 Å². The van der Waals surface area contributed by atoms with Crippen LogP contribution in [0.4, 0.5) is 5.69 Å². The minimum atomic E-state index is -0.107. The highest BCUT2D eigenvalue weighted by molar-refractivity contribution is 7.20. The number of carbonyl (C=O) groups excluding carboxylic acids is 1. The van der Waals surface area contributed by atoms with E-state index in [1.807, 2.05) is 13.8 Å². The zero-order valence-corrected chi connectivity index (χ0v) is 13.8. The Bertz CT molecular complexity index is 900. The van der Waals surface area contributed by atoms with Crippen molar-refractivity contribution in [1.29, 1.82) is 0 Å². The number of hydrogen-bond acceptors (Lipinski definition) is 5. The minimum Gasteiger partial charge on any atom is -0.321 e. The first-order valence-electron chi connectivity index (χ1n) is 7.62. The van der Waals surface area contributed by atoms with Crippen LogP contribution < -0.4 is 5.32 Å². The van der Waals surface area contributed by atoms with Crippen LogP contribution in [0, 0.1) is 13.8 Å². The molecule has 0 bridgehead atoms. The molecular weight excluding hydrogens is 308 g/mol. The lowest BCUT2D eigenvalue weighted by Gasteiger charge is -2.04. The molecule has 3 aromatic rings. The Morgan fingerprint density at radius 2 is 1.96 bits per heavy atom. The van der Waals surface area contributed by atoms with Crippen LogP contribution in [0.1, 0.15) is 45.5 Å². The zero-order valence-electron chi connectivity index (χ0n) is 13.0. The molecule has 1 aliphatic rings. The first kappa shape index (κ1) is 14.3. The summed E-state index contributed by atoms with van der Waals surface area (Å²) in [7, 11) is 0. The number of aromatic nitrogens is 3. The second-order valence-corrected chi connectivity index (χ2v) is 6.87. The average molecular weight is 324 g/mol. The van der Waals surface area contributed by atoms with Gasteiger partial charge in [0.1, 0.15) is 10.7 Å². The lowest BCUT2D eigenvalue weighted by Crippen LogP contribution is -2.11. The van der Waals surface area contributed by atoms with Gasteiger partial charge in [0, 0.05) is 29.4 Å². The summed E-state index contributed by atoms with van der Waals surface area (Å²) < 4.78 is 0. The van der Waals surface area contributed by atoms with E-state index in [1.165, 1.54) is 24.2 Å². The largest absolute Gasteiger partial charge is 0.321 e. The monoisotopic (exact) mass is 324 g/mol. The number of thiophene rings is 1. The SMILES string of the molecule is Cc1nc(C2CC2)nc2sc(C(=O)Nc3ccncc3)c(C)c12. The van der Waals surface area contributed by atoms with Crippen molar-refractivity contribution in [2.24, 2.45) is 0 Å². The summed E-state index contributed by atoms with van der Waals surface area (Å²) in [6.45, 7) is 3.97. The number of rotatable bonds is 3. The van der Waals surface area contributed by atoms with Gasteiger partial charge >= 0.3 is 0 Å². The summed E-state index contributed by atoms with van der Waals surface area (Å²) in [6, 6.07) is 3.55. The van der Waals surface area contributed by atoms with Crippen LogP contribution in [0.2, 0.25) is 0 Å². The molecular formula is C17H16N4OS. The van der Waals surface area contributed by atoms with E-state index in [9.17, 15) is 4.79 Å². The topological polar surface area (TPSA) is 67.8 Å². The number of aryl methyl sites for hydroxylation is 2. The van der Waals surface area contributed by atoms with E-state index in [0.717, 1.165) is 33.0 Å². The number of nitrogens with one attached hydrogen (secondary N) is 1. The highest BCUT2D eigenvalue weighted by atomic mass is 32.1. The van der Waals surface area contributed by atoms with Crippen LogP contribution >= 0.6 is 11.3 Å². The zero-order chi connectivity index (χ0) is 16.0.